The number of para-hydroxylation sites is 1. The zero-order chi connectivity index (χ0) is 23.5. The number of amidine groups is 2. The van der Waals surface area contributed by atoms with Gasteiger partial charge in [0.05, 0.1) is 12.2 Å². The molecule has 2 aliphatic heterocycles. The lowest BCUT2D eigenvalue weighted by Gasteiger charge is -2.25. The first-order valence-corrected chi connectivity index (χ1v) is 13.1. The summed E-state index contributed by atoms with van der Waals surface area (Å²) in [5.74, 6) is 0.992. The topological polar surface area (TPSA) is 74.1 Å². The molecule has 6 nitrogen and oxygen atoms in total. The molecule has 5 rings (SSSR count). The lowest BCUT2D eigenvalue weighted by atomic mass is 10.1. The standard InChI is InChI=1S/C25H21ClN4O2S2/c26-17-6-3-5-16(13-17)15-34-25-29-20-9-2-1-8-19(20)23-28-21(24(32)30(23)25)10-11-22(31)27-14-18-7-4-12-33-18/h1-9,12-13,21H,10-11,14-15H2,(H,27,31)/t21-/m1/s1. The summed E-state index contributed by atoms with van der Waals surface area (Å²) in [7, 11) is 0. The molecule has 0 saturated carbocycles. The van der Waals surface area contributed by atoms with Crippen LogP contribution in [0.25, 0.3) is 0 Å². The van der Waals surface area contributed by atoms with Gasteiger partial charge in [0.15, 0.2) is 5.17 Å². The third-order valence-corrected chi connectivity index (χ3v) is 7.61. The molecule has 3 aromatic rings. The highest BCUT2D eigenvalue weighted by Gasteiger charge is 2.41. The number of benzene rings is 2. The summed E-state index contributed by atoms with van der Waals surface area (Å²) in [6.07, 6.45) is 0.583. The maximum Gasteiger partial charge on any atom is 0.259 e. The van der Waals surface area contributed by atoms with Crippen molar-refractivity contribution in [1.82, 2.24) is 10.2 Å². The highest BCUT2D eigenvalue weighted by molar-refractivity contribution is 8.13. The quantitative estimate of drug-likeness (QED) is 0.465. The maximum absolute atomic E-state index is 13.3. The van der Waals surface area contributed by atoms with Crippen LogP contribution in [-0.4, -0.2) is 33.8 Å². The summed E-state index contributed by atoms with van der Waals surface area (Å²) in [6.45, 7) is 0.500. The van der Waals surface area contributed by atoms with Gasteiger partial charge in [0, 0.05) is 27.6 Å². The number of aliphatic imine (C=N–C) groups is 2. The number of carbonyl (C=O) groups is 2. The predicted molar refractivity (Wildman–Crippen MR) is 139 cm³/mol. The molecule has 0 aliphatic carbocycles. The van der Waals surface area contributed by atoms with Crippen molar-refractivity contribution < 1.29 is 9.59 Å². The first kappa shape index (κ1) is 22.8. The molecule has 0 spiro atoms. The smallest absolute Gasteiger partial charge is 0.259 e. The van der Waals surface area contributed by atoms with Crippen molar-refractivity contribution >= 4 is 63.2 Å². The molecular formula is C25H21ClN4O2S2. The van der Waals surface area contributed by atoms with E-state index in [-0.39, 0.29) is 18.2 Å². The number of halogens is 1. The van der Waals surface area contributed by atoms with E-state index in [0.29, 0.717) is 34.7 Å². The van der Waals surface area contributed by atoms with Crippen LogP contribution in [0.3, 0.4) is 0 Å². The van der Waals surface area contributed by atoms with E-state index >= 15 is 0 Å². The zero-order valence-corrected chi connectivity index (χ0v) is 20.5. The van der Waals surface area contributed by atoms with Gasteiger partial charge in [0.2, 0.25) is 5.91 Å². The van der Waals surface area contributed by atoms with Crippen LogP contribution < -0.4 is 5.32 Å². The molecule has 0 bridgehead atoms. The molecule has 0 unspecified atom stereocenters. The average Bonchev–Trinajstić information content (AvgIpc) is 3.48. The Morgan fingerprint density at radius 1 is 1.15 bits per heavy atom. The number of amides is 2. The first-order chi connectivity index (χ1) is 16.6. The van der Waals surface area contributed by atoms with Gasteiger partial charge in [-0.2, -0.15) is 0 Å². The second-order valence-corrected chi connectivity index (χ2v) is 10.3. The Bertz CT molecular complexity index is 1290. The highest BCUT2D eigenvalue weighted by Crippen LogP contribution is 2.35. The molecular weight excluding hydrogens is 488 g/mol. The molecule has 3 heterocycles. The number of fused-ring (bicyclic) bond motifs is 3. The van der Waals surface area contributed by atoms with Crippen LogP contribution in [0.15, 0.2) is 76.0 Å². The molecule has 0 saturated heterocycles. The second-order valence-electron chi connectivity index (χ2n) is 7.87. The molecule has 172 valence electrons. The number of thiophene rings is 1. The summed E-state index contributed by atoms with van der Waals surface area (Å²) in [6, 6.07) is 18.6. The molecule has 1 N–H and O–H groups in total. The second kappa shape index (κ2) is 10.1. The molecule has 2 aliphatic rings. The Morgan fingerprint density at radius 3 is 2.85 bits per heavy atom. The monoisotopic (exact) mass is 508 g/mol. The predicted octanol–water partition coefficient (Wildman–Crippen LogP) is 5.39. The van der Waals surface area contributed by atoms with Gasteiger partial charge < -0.3 is 5.32 Å². The molecule has 9 heteroatoms. The van der Waals surface area contributed by atoms with Crippen LogP contribution in [0.5, 0.6) is 0 Å². The third-order valence-electron chi connectivity index (χ3n) is 5.49. The van der Waals surface area contributed by atoms with Crippen molar-refractivity contribution in [3.05, 3.63) is 87.1 Å². The number of nitrogens with one attached hydrogen (secondary N) is 1. The van der Waals surface area contributed by atoms with Crippen molar-refractivity contribution in [1.29, 1.82) is 0 Å². The summed E-state index contributed by atoms with van der Waals surface area (Å²) in [5, 5.41) is 6.15. The summed E-state index contributed by atoms with van der Waals surface area (Å²) in [4.78, 5) is 37.9. The van der Waals surface area contributed by atoms with Gasteiger partial charge >= 0.3 is 0 Å². The number of carbonyl (C=O) groups excluding carboxylic acids is 2. The summed E-state index contributed by atoms with van der Waals surface area (Å²) >= 11 is 9.19. The molecule has 2 aromatic carbocycles. The van der Waals surface area contributed by atoms with Crippen LogP contribution in [-0.2, 0) is 21.9 Å². The number of rotatable bonds is 7. The maximum atomic E-state index is 13.3. The van der Waals surface area contributed by atoms with E-state index in [1.807, 2.05) is 66.0 Å². The first-order valence-electron chi connectivity index (χ1n) is 10.8. The van der Waals surface area contributed by atoms with Crippen LogP contribution in [0.2, 0.25) is 5.02 Å². The van der Waals surface area contributed by atoms with Gasteiger partial charge in [-0.15, -0.1) is 11.3 Å². The number of hydrogen-bond acceptors (Lipinski definition) is 6. The molecule has 1 atom stereocenters. The van der Waals surface area contributed by atoms with E-state index in [2.05, 4.69) is 5.32 Å². The average molecular weight is 509 g/mol. The molecule has 1 aromatic heterocycles. The molecule has 0 radical (unpaired) electrons. The van der Waals surface area contributed by atoms with Gasteiger partial charge in [-0.1, -0.05) is 53.7 Å². The fourth-order valence-electron chi connectivity index (χ4n) is 3.82. The van der Waals surface area contributed by atoms with Crippen molar-refractivity contribution in [2.24, 2.45) is 9.98 Å². The normalized spacial score (nSPS) is 16.6. The Hall–Kier alpha value is -2.94. The zero-order valence-electron chi connectivity index (χ0n) is 18.1. The van der Waals surface area contributed by atoms with Gasteiger partial charge in [0.25, 0.3) is 5.91 Å². The van der Waals surface area contributed by atoms with Gasteiger partial charge in [0.1, 0.15) is 11.9 Å². The molecule has 2 amide bonds. The Kier molecular flexibility index (Phi) is 6.80. The van der Waals surface area contributed by atoms with Gasteiger partial charge in [-0.05, 0) is 47.7 Å². The van der Waals surface area contributed by atoms with E-state index in [0.717, 1.165) is 21.7 Å². The summed E-state index contributed by atoms with van der Waals surface area (Å²) in [5.41, 5.74) is 2.66. The fourth-order valence-corrected chi connectivity index (χ4v) is 5.62. The van der Waals surface area contributed by atoms with E-state index in [1.165, 1.54) is 11.8 Å². The SMILES string of the molecule is O=C(CC[C@H]1N=C2c3ccccc3N=C(SCc3cccc(Cl)c3)N2C1=O)NCc1cccs1. The van der Waals surface area contributed by atoms with Crippen molar-refractivity contribution in [3.8, 4) is 0 Å². The minimum absolute atomic E-state index is 0.0871. The Labute approximate surface area is 210 Å². The Balaban J connectivity index is 1.30. The number of hydrogen-bond donors (Lipinski definition) is 1. The summed E-state index contributed by atoms with van der Waals surface area (Å²) < 4.78 is 0. The minimum atomic E-state index is -0.606. The van der Waals surface area contributed by atoms with Crippen LogP contribution in [0, 0.1) is 0 Å². The molecule has 34 heavy (non-hydrogen) atoms. The molecule has 0 fully saturated rings. The fraction of sp³-hybridized carbons (Fsp3) is 0.200. The van der Waals surface area contributed by atoms with Crippen molar-refractivity contribution in [2.75, 3.05) is 0 Å². The number of nitrogens with zero attached hydrogens (tertiary/aromatic N) is 3. The lowest BCUT2D eigenvalue weighted by Crippen LogP contribution is -2.41. The van der Waals surface area contributed by atoms with E-state index < -0.39 is 6.04 Å². The lowest BCUT2D eigenvalue weighted by molar-refractivity contribution is -0.125. The van der Waals surface area contributed by atoms with Gasteiger partial charge in [-0.25, -0.2) is 9.89 Å². The van der Waals surface area contributed by atoms with Gasteiger partial charge in [-0.3, -0.25) is 14.6 Å². The van der Waals surface area contributed by atoms with Crippen LogP contribution in [0.1, 0.15) is 28.8 Å². The van der Waals surface area contributed by atoms with Crippen molar-refractivity contribution in [3.63, 3.8) is 0 Å². The van der Waals surface area contributed by atoms with Crippen LogP contribution >= 0.6 is 34.7 Å². The number of thioether (sulfide) groups is 1. The van der Waals surface area contributed by atoms with Crippen molar-refractivity contribution in [2.45, 2.75) is 31.2 Å². The van der Waals surface area contributed by atoms with Crippen LogP contribution in [0.4, 0.5) is 5.69 Å². The van der Waals surface area contributed by atoms with E-state index in [4.69, 9.17) is 21.6 Å². The third kappa shape index (κ3) is 4.94. The Morgan fingerprint density at radius 2 is 2.03 bits per heavy atom. The largest absolute Gasteiger partial charge is 0.351 e. The van der Waals surface area contributed by atoms with E-state index in [1.54, 1.807) is 16.2 Å². The van der Waals surface area contributed by atoms with E-state index in [9.17, 15) is 9.59 Å². The minimum Gasteiger partial charge on any atom is -0.351 e. The highest BCUT2D eigenvalue weighted by atomic mass is 35.5.